The lowest BCUT2D eigenvalue weighted by molar-refractivity contribution is -0.0586. The highest BCUT2D eigenvalue weighted by Crippen LogP contribution is 2.44. The lowest BCUT2D eigenvalue weighted by atomic mass is 9.91. The fourth-order valence-corrected chi connectivity index (χ4v) is 5.54. The smallest absolute Gasteiger partial charge is 0.254 e. The van der Waals surface area contributed by atoms with Crippen molar-refractivity contribution in [1.29, 1.82) is 0 Å². The number of nitrogens with two attached hydrogens (primary N) is 1. The van der Waals surface area contributed by atoms with Crippen molar-refractivity contribution in [2.75, 3.05) is 13.1 Å². The maximum atomic E-state index is 13.8. The third-order valence-electron chi connectivity index (χ3n) is 6.78. The zero-order valence-electron chi connectivity index (χ0n) is 20.2. The molecule has 0 spiro atoms. The van der Waals surface area contributed by atoms with Gasteiger partial charge in [0.2, 0.25) is 5.91 Å². The highest BCUT2D eigenvalue weighted by Gasteiger charge is 2.33. The lowest BCUT2D eigenvalue weighted by Crippen LogP contribution is -2.48. The summed E-state index contributed by atoms with van der Waals surface area (Å²) in [4.78, 5) is 28.2. The predicted octanol–water partition coefficient (Wildman–Crippen LogP) is 4.19. The molecule has 3 aromatic rings. The lowest BCUT2D eigenvalue weighted by Gasteiger charge is -2.35. The second-order valence-corrected chi connectivity index (χ2v) is 9.60. The molecule has 0 unspecified atom stereocenters. The van der Waals surface area contributed by atoms with Crippen LogP contribution in [0.4, 0.5) is 0 Å². The molecule has 0 bridgehead atoms. The van der Waals surface area contributed by atoms with Crippen molar-refractivity contribution < 1.29 is 18.8 Å². The Labute approximate surface area is 198 Å². The minimum absolute atomic E-state index is 0.0156. The number of benzene rings is 2. The van der Waals surface area contributed by atoms with Crippen LogP contribution in [0.5, 0.6) is 0 Å². The van der Waals surface area contributed by atoms with Gasteiger partial charge in [0.15, 0.2) is 0 Å². The average molecular weight is 460 g/mol. The first-order valence-electron chi connectivity index (χ1n) is 11.6. The van der Waals surface area contributed by atoms with Crippen LogP contribution >= 0.6 is 0 Å². The van der Waals surface area contributed by atoms with Crippen LogP contribution in [-0.4, -0.2) is 47.2 Å². The zero-order chi connectivity index (χ0) is 24.3. The fourth-order valence-electron chi connectivity index (χ4n) is 5.54. The summed E-state index contributed by atoms with van der Waals surface area (Å²) in [5.74, 6) is 0.166. The van der Waals surface area contributed by atoms with Gasteiger partial charge in [-0.05, 0) is 87.1 Å². The summed E-state index contributed by atoms with van der Waals surface area (Å²) >= 11 is 0. The van der Waals surface area contributed by atoms with E-state index in [1.165, 1.54) is 0 Å². The maximum absolute atomic E-state index is 13.8. The van der Waals surface area contributed by atoms with E-state index in [1.54, 1.807) is 0 Å². The van der Waals surface area contributed by atoms with Gasteiger partial charge < -0.3 is 19.9 Å². The van der Waals surface area contributed by atoms with E-state index in [1.807, 2.05) is 57.7 Å². The molecule has 0 saturated carbocycles. The van der Waals surface area contributed by atoms with E-state index in [2.05, 4.69) is 11.2 Å². The first-order valence-corrected chi connectivity index (χ1v) is 11.6. The molecule has 2 atom stereocenters. The molecule has 7 heteroatoms. The first kappa shape index (κ1) is 22.3. The van der Waals surface area contributed by atoms with Crippen molar-refractivity contribution in [1.82, 2.24) is 10.1 Å². The first-order chi connectivity index (χ1) is 16.1. The van der Waals surface area contributed by atoms with Crippen molar-refractivity contribution in [2.24, 2.45) is 5.73 Å². The Kier molecular flexibility index (Phi) is 5.32. The molecule has 1 fully saturated rings. The van der Waals surface area contributed by atoms with E-state index in [-0.39, 0.29) is 18.1 Å². The molecule has 176 valence electrons. The summed E-state index contributed by atoms with van der Waals surface area (Å²) in [7, 11) is 0. The van der Waals surface area contributed by atoms with Gasteiger partial charge in [-0.2, -0.15) is 0 Å². The number of aromatic nitrogens is 1. The molecule has 1 saturated heterocycles. The van der Waals surface area contributed by atoms with Crippen LogP contribution in [0, 0.1) is 20.8 Å². The number of ether oxygens (including phenoxy) is 1. The minimum Gasteiger partial charge on any atom is -0.372 e. The molecule has 2 amide bonds. The van der Waals surface area contributed by atoms with Crippen LogP contribution in [0.15, 0.2) is 28.8 Å². The van der Waals surface area contributed by atoms with Crippen LogP contribution in [0.25, 0.3) is 22.3 Å². The second kappa shape index (κ2) is 8.09. The number of carbonyl (C=O) groups is 2. The van der Waals surface area contributed by atoms with E-state index < -0.39 is 5.91 Å². The molecule has 34 heavy (non-hydrogen) atoms. The van der Waals surface area contributed by atoms with Gasteiger partial charge in [-0.15, -0.1) is 0 Å². The highest BCUT2D eigenvalue weighted by atomic mass is 16.5. The SMILES string of the molecule is Cc1cc2c(c(C(=O)N3C[C@@H](C)O[C@@H](C)C3)c1)-c1cc(-c3c(C)noc3C)cc(C(N)=O)c1C2. The van der Waals surface area contributed by atoms with Gasteiger partial charge in [0.25, 0.3) is 5.91 Å². The number of aryl methyl sites for hydroxylation is 3. The Morgan fingerprint density at radius 2 is 1.71 bits per heavy atom. The van der Waals surface area contributed by atoms with E-state index in [4.69, 9.17) is 15.0 Å². The third-order valence-corrected chi connectivity index (χ3v) is 6.78. The maximum Gasteiger partial charge on any atom is 0.254 e. The highest BCUT2D eigenvalue weighted by molar-refractivity contribution is 6.06. The number of nitrogens with zero attached hydrogens (tertiary/aromatic N) is 2. The molecular weight excluding hydrogens is 430 g/mol. The molecule has 0 radical (unpaired) electrons. The van der Waals surface area contributed by atoms with E-state index in [0.29, 0.717) is 36.4 Å². The third kappa shape index (κ3) is 3.60. The monoisotopic (exact) mass is 459 g/mol. The summed E-state index contributed by atoms with van der Waals surface area (Å²) in [6.45, 7) is 10.8. The van der Waals surface area contributed by atoms with E-state index in [0.717, 1.165) is 44.6 Å². The van der Waals surface area contributed by atoms with Gasteiger partial charge in [0.1, 0.15) is 5.76 Å². The number of amides is 2. The summed E-state index contributed by atoms with van der Waals surface area (Å²) in [5, 5.41) is 4.07. The Bertz CT molecular complexity index is 1310. The molecule has 2 aromatic carbocycles. The number of carbonyl (C=O) groups excluding carboxylic acids is 2. The van der Waals surface area contributed by atoms with Crippen LogP contribution in [-0.2, 0) is 11.2 Å². The zero-order valence-corrected chi connectivity index (χ0v) is 20.2. The van der Waals surface area contributed by atoms with Gasteiger partial charge in [-0.3, -0.25) is 9.59 Å². The van der Waals surface area contributed by atoms with Crippen molar-refractivity contribution >= 4 is 11.8 Å². The standard InChI is InChI=1S/C27H29N3O4/c1-13-6-18-8-20-21(9-19(10-22(20)26(28)31)24-16(4)29-34-17(24)5)25(18)23(7-13)27(32)30-11-14(2)33-15(3)12-30/h6-7,9-10,14-15H,8,11-12H2,1-5H3,(H2,28,31)/t14-,15+. The second-order valence-electron chi connectivity index (χ2n) is 9.60. The number of fused-ring (bicyclic) bond motifs is 3. The van der Waals surface area contributed by atoms with Crippen molar-refractivity contribution in [3.63, 3.8) is 0 Å². The number of primary amides is 1. The topological polar surface area (TPSA) is 98.7 Å². The average Bonchev–Trinajstić information content (AvgIpc) is 3.29. The number of morpholine rings is 1. The van der Waals surface area contributed by atoms with Gasteiger partial charge in [-0.1, -0.05) is 16.8 Å². The largest absolute Gasteiger partial charge is 0.372 e. The summed E-state index contributed by atoms with van der Waals surface area (Å²) in [6.07, 6.45) is 0.513. The molecule has 5 rings (SSSR count). The van der Waals surface area contributed by atoms with Gasteiger partial charge >= 0.3 is 0 Å². The van der Waals surface area contributed by atoms with E-state index in [9.17, 15) is 9.59 Å². The summed E-state index contributed by atoms with van der Waals surface area (Å²) < 4.78 is 11.2. The van der Waals surface area contributed by atoms with Crippen molar-refractivity contribution in [3.8, 4) is 22.3 Å². The van der Waals surface area contributed by atoms with Crippen molar-refractivity contribution in [3.05, 3.63) is 63.5 Å². The molecule has 7 nitrogen and oxygen atoms in total. The predicted molar refractivity (Wildman–Crippen MR) is 129 cm³/mol. The van der Waals surface area contributed by atoms with Crippen LogP contribution in [0.1, 0.15) is 62.7 Å². The molecule has 2 heterocycles. The van der Waals surface area contributed by atoms with Crippen LogP contribution in [0.3, 0.4) is 0 Å². The quantitative estimate of drug-likeness (QED) is 0.495. The Morgan fingerprint density at radius 1 is 1.00 bits per heavy atom. The molecule has 1 aromatic heterocycles. The Morgan fingerprint density at radius 3 is 2.32 bits per heavy atom. The summed E-state index contributed by atoms with van der Waals surface area (Å²) in [6, 6.07) is 7.90. The van der Waals surface area contributed by atoms with Gasteiger partial charge in [-0.25, -0.2) is 0 Å². The molecular formula is C27H29N3O4. The molecule has 1 aliphatic heterocycles. The fraction of sp³-hybridized carbons (Fsp3) is 0.370. The minimum atomic E-state index is -0.488. The Hall–Kier alpha value is -3.45. The van der Waals surface area contributed by atoms with Crippen LogP contribution in [0.2, 0.25) is 0 Å². The molecule has 2 N–H and O–H groups in total. The number of hydrogen-bond donors (Lipinski definition) is 1. The summed E-state index contributed by atoms with van der Waals surface area (Å²) in [5.41, 5.74) is 14.0. The van der Waals surface area contributed by atoms with Crippen molar-refractivity contribution in [2.45, 2.75) is 53.2 Å². The van der Waals surface area contributed by atoms with Gasteiger partial charge in [0.05, 0.1) is 17.9 Å². The number of rotatable bonds is 3. The molecule has 1 aliphatic carbocycles. The van der Waals surface area contributed by atoms with Crippen LogP contribution < -0.4 is 5.73 Å². The Balaban J connectivity index is 1.71. The molecule has 2 aliphatic rings. The normalized spacial score (nSPS) is 19.1. The van der Waals surface area contributed by atoms with Gasteiger partial charge in [0, 0.05) is 29.8 Å². The number of hydrogen-bond acceptors (Lipinski definition) is 5. The van der Waals surface area contributed by atoms with E-state index >= 15 is 0 Å².